The Hall–Kier alpha value is -3.29. The number of likely N-dealkylation sites (tertiary alicyclic amines) is 1. The van der Waals surface area contributed by atoms with Crippen LogP contribution in [0.15, 0.2) is 0 Å². The number of imide groups is 2. The highest BCUT2D eigenvalue weighted by atomic mass is 32.2. The van der Waals surface area contributed by atoms with E-state index in [1.807, 2.05) is 0 Å². The summed E-state index contributed by atoms with van der Waals surface area (Å²) in [7, 11) is -3.34. The van der Waals surface area contributed by atoms with Gasteiger partial charge in [0.15, 0.2) is 0 Å². The predicted molar refractivity (Wildman–Crippen MR) is 243 cm³/mol. The van der Waals surface area contributed by atoms with E-state index in [9.17, 15) is 42.0 Å². The van der Waals surface area contributed by atoms with Gasteiger partial charge in [0.25, 0.3) is 0 Å². The number of nitrogens with zero attached hydrogens (tertiary/aromatic N) is 2. The van der Waals surface area contributed by atoms with Gasteiger partial charge in [0.1, 0.15) is 17.8 Å². The van der Waals surface area contributed by atoms with Crippen LogP contribution in [0.25, 0.3) is 0 Å². The van der Waals surface area contributed by atoms with Crippen LogP contribution in [0.2, 0.25) is 0 Å². The third-order valence-electron chi connectivity index (χ3n) is 14.5. The van der Waals surface area contributed by atoms with Gasteiger partial charge in [0, 0.05) is 44.3 Å². The molecule has 5 aliphatic heterocycles. The first-order valence-corrected chi connectivity index (χ1v) is 27.1. The van der Waals surface area contributed by atoms with Gasteiger partial charge in [-0.3, -0.25) is 54.4 Å². The van der Waals surface area contributed by atoms with Crippen molar-refractivity contribution in [3.63, 3.8) is 0 Å². The monoisotopic (exact) mass is 982 g/mol. The molecule has 7 fully saturated rings. The van der Waals surface area contributed by atoms with Crippen LogP contribution in [-0.4, -0.2) is 173 Å². The van der Waals surface area contributed by atoms with E-state index in [0.29, 0.717) is 95.6 Å². The summed E-state index contributed by atoms with van der Waals surface area (Å²) in [5, 5.41) is 17.9. The van der Waals surface area contributed by atoms with Gasteiger partial charge >= 0.3 is 0 Å². The summed E-state index contributed by atoms with van der Waals surface area (Å²) in [6.07, 6.45) is 9.98. The highest BCUT2D eigenvalue weighted by Crippen LogP contribution is 2.42. The Balaban J connectivity index is 0.678. The number of amides is 7. The van der Waals surface area contributed by atoms with Crippen molar-refractivity contribution in [2.24, 2.45) is 35.5 Å². The molecule has 0 aromatic rings. The SMILES string of the molecule is CS(=O)(=O)N1CCC(C(=O)NCC(=O)NC2NC(C3CCCC(C4CCNC(OCCNC(=O)CCOCCOCCOC5CCC6C(=O)N(C7CCC(=O)NC7=O)C(=O)C6C5)C4)C3)CS2)C1. The number of piperidine rings is 2. The molecule has 0 bridgehead atoms. The molecule has 7 aliphatic rings. The van der Waals surface area contributed by atoms with Crippen molar-refractivity contribution < 1.29 is 60.9 Å². The van der Waals surface area contributed by atoms with Gasteiger partial charge in [-0.25, -0.2) is 12.7 Å². The zero-order valence-corrected chi connectivity index (χ0v) is 40.2. The Bertz CT molecular complexity index is 1900. The molecule has 67 heavy (non-hydrogen) atoms. The maximum atomic E-state index is 13.2. The summed E-state index contributed by atoms with van der Waals surface area (Å²) in [6, 6.07) is -0.640. The van der Waals surface area contributed by atoms with Crippen LogP contribution < -0.4 is 31.9 Å². The zero-order chi connectivity index (χ0) is 47.5. The standard InChI is InChI=1S/C44H70N8O13S2/c1-67(60,61)51-14-10-30(25-51)40(56)47-24-38(55)50-44-48-34(26-66-44)29-4-2-3-27(21-29)28-9-12-46-39(22-28)65-16-13-45-36(53)11-15-62-17-18-63-19-20-64-31-5-6-32-33(23-31)43(59)52(42(32)58)35-7-8-37(54)49-41(35)57/h27-35,39,44,46,48H,2-26H2,1H3,(H,45,53)(H,47,56)(H,50,55)(H,49,54,57). The van der Waals surface area contributed by atoms with Crippen LogP contribution in [0.4, 0.5) is 0 Å². The van der Waals surface area contributed by atoms with Crippen molar-refractivity contribution in [2.75, 3.05) is 84.4 Å². The number of hydrogen-bond acceptors (Lipinski definition) is 16. The molecule has 23 heteroatoms. The van der Waals surface area contributed by atoms with Crippen molar-refractivity contribution in [3.05, 3.63) is 0 Å². The van der Waals surface area contributed by atoms with Gasteiger partial charge in [-0.2, -0.15) is 0 Å². The summed E-state index contributed by atoms with van der Waals surface area (Å²) in [5.74, 6) is -1.25. The smallest absolute Gasteiger partial charge is 0.249 e. The molecule has 0 aromatic heterocycles. The number of nitrogens with one attached hydrogen (secondary N) is 6. The Labute approximate surface area is 397 Å². The van der Waals surface area contributed by atoms with E-state index in [1.165, 1.54) is 17.1 Å². The zero-order valence-electron chi connectivity index (χ0n) is 38.5. The van der Waals surface area contributed by atoms with Crippen LogP contribution in [0, 0.1) is 35.5 Å². The maximum absolute atomic E-state index is 13.2. The third kappa shape index (κ3) is 14.4. The first-order valence-electron chi connectivity index (χ1n) is 24.2. The Kier molecular flexibility index (Phi) is 18.9. The first-order chi connectivity index (χ1) is 32.2. The number of fused-ring (bicyclic) bond motifs is 1. The van der Waals surface area contributed by atoms with Crippen molar-refractivity contribution >= 4 is 63.1 Å². The Morgan fingerprint density at radius 3 is 2.34 bits per heavy atom. The normalized spacial score (nSPS) is 32.8. The highest BCUT2D eigenvalue weighted by molar-refractivity contribution is 8.00. The summed E-state index contributed by atoms with van der Waals surface area (Å²) >= 11 is 1.67. The predicted octanol–water partition coefficient (Wildman–Crippen LogP) is -0.847. The summed E-state index contributed by atoms with van der Waals surface area (Å²) < 4.78 is 48.2. The van der Waals surface area contributed by atoms with Crippen molar-refractivity contribution in [1.82, 2.24) is 41.1 Å². The molecular formula is C44H70N8O13S2. The number of sulfonamides is 1. The number of carbonyl (C=O) groups is 7. The Morgan fingerprint density at radius 2 is 1.55 bits per heavy atom. The second kappa shape index (κ2) is 24.5. The fourth-order valence-corrected chi connectivity index (χ4v) is 13.1. The lowest BCUT2D eigenvalue weighted by atomic mass is 9.70. The lowest BCUT2D eigenvalue weighted by molar-refractivity contribution is -0.151. The van der Waals surface area contributed by atoms with E-state index >= 15 is 0 Å². The molecule has 0 aromatic carbocycles. The second-order valence-electron chi connectivity index (χ2n) is 19.0. The average molecular weight is 983 g/mol. The fourth-order valence-electron chi connectivity index (χ4n) is 10.9. The minimum atomic E-state index is -3.34. The van der Waals surface area contributed by atoms with E-state index in [0.717, 1.165) is 49.1 Å². The van der Waals surface area contributed by atoms with Gasteiger partial charge in [0.05, 0.1) is 76.3 Å². The van der Waals surface area contributed by atoms with E-state index in [1.54, 1.807) is 11.8 Å². The number of thioether (sulfide) groups is 1. The highest BCUT2D eigenvalue weighted by Gasteiger charge is 2.54. The van der Waals surface area contributed by atoms with Gasteiger partial charge < -0.3 is 34.9 Å². The molecule has 376 valence electrons. The maximum Gasteiger partial charge on any atom is 0.249 e. The van der Waals surface area contributed by atoms with Crippen LogP contribution in [-0.2, 0) is 62.5 Å². The van der Waals surface area contributed by atoms with Crippen LogP contribution in [0.1, 0.15) is 83.5 Å². The molecule has 2 aliphatic carbocycles. The van der Waals surface area contributed by atoms with E-state index in [4.69, 9.17) is 18.9 Å². The number of hydrogen-bond donors (Lipinski definition) is 6. The number of rotatable bonds is 22. The molecule has 5 saturated heterocycles. The number of ether oxygens (including phenoxy) is 4. The van der Waals surface area contributed by atoms with Gasteiger partial charge in [-0.1, -0.05) is 12.8 Å². The Morgan fingerprint density at radius 1 is 0.791 bits per heavy atom. The third-order valence-corrected chi connectivity index (χ3v) is 16.9. The quantitative estimate of drug-likeness (QED) is 0.0570. The van der Waals surface area contributed by atoms with Crippen LogP contribution in [0.3, 0.4) is 0 Å². The molecule has 11 unspecified atom stereocenters. The van der Waals surface area contributed by atoms with E-state index < -0.39 is 45.6 Å². The summed E-state index contributed by atoms with van der Waals surface area (Å²) in [4.78, 5) is 88.8. The second-order valence-corrected chi connectivity index (χ2v) is 22.1. The minimum Gasteiger partial charge on any atom is -0.379 e. The van der Waals surface area contributed by atoms with Crippen molar-refractivity contribution in [2.45, 2.75) is 113 Å². The van der Waals surface area contributed by atoms with E-state index in [-0.39, 0.29) is 86.3 Å². The fraction of sp³-hybridized carbons (Fsp3) is 0.841. The lowest BCUT2D eigenvalue weighted by Gasteiger charge is -2.40. The molecule has 5 heterocycles. The molecule has 7 rings (SSSR count). The lowest BCUT2D eigenvalue weighted by Crippen LogP contribution is -2.54. The van der Waals surface area contributed by atoms with Gasteiger partial charge in [-0.05, 0) is 82.1 Å². The molecule has 0 radical (unpaired) electrons. The van der Waals surface area contributed by atoms with Gasteiger partial charge in [-0.15, -0.1) is 11.8 Å². The van der Waals surface area contributed by atoms with Crippen LogP contribution >= 0.6 is 11.8 Å². The summed E-state index contributed by atoms with van der Waals surface area (Å²) in [5.41, 5.74) is -0.225. The van der Waals surface area contributed by atoms with Crippen LogP contribution in [0.5, 0.6) is 0 Å². The molecule has 0 spiro atoms. The topological polar surface area (TPSA) is 269 Å². The first kappa shape index (κ1) is 51.6. The molecular weight excluding hydrogens is 913 g/mol. The number of carbonyl (C=O) groups excluding carboxylic acids is 7. The van der Waals surface area contributed by atoms with Crippen molar-refractivity contribution in [1.29, 1.82) is 0 Å². The average Bonchev–Trinajstić information content (AvgIpc) is 4.06. The molecule has 21 nitrogen and oxygen atoms in total. The molecule has 11 atom stereocenters. The molecule has 7 amide bonds. The largest absolute Gasteiger partial charge is 0.379 e. The van der Waals surface area contributed by atoms with Gasteiger partial charge in [0.2, 0.25) is 51.4 Å². The minimum absolute atomic E-state index is 0.0627. The molecule has 2 saturated carbocycles. The van der Waals surface area contributed by atoms with E-state index in [2.05, 4.69) is 31.9 Å². The molecule has 6 N–H and O–H groups in total. The van der Waals surface area contributed by atoms with Crippen molar-refractivity contribution in [3.8, 4) is 0 Å². The summed E-state index contributed by atoms with van der Waals surface area (Å²) in [6.45, 7) is 3.56.